The predicted molar refractivity (Wildman–Crippen MR) is 78.9 cm³/mol. The van der Waals surface area contributed by atoms with E-state index in [0.717, 1.165) is 18.7 Å². The van der Waals surface area contributed by atoms with Crippen LogP contribution in [0.4, 0.5) is 0 Å². The van der Waals surface area contributed by atoms with Gasteiger partial charge in [-0.3, -0.25) is 0 Å². The van der Waals surface area contributed by atoms with Gasteiger partial charge in [-0.25, -0.2) is 4.98 Å². The summed E-state index contributed by atoms with van der Waals surface area (Å²) in [6.07, 6.45) is 1.84. The van der Waals surface area contributed by atoms with Crippen LogP contribution in [0.5, 0.6) is 5.88 Å². The van der Waals surface area contributed by atoms with Gasteiger partial charge in [0.2, 0.25) is 5.88 Å². The van der Waals surface area contributed by atoms with Crippen molar-refractivity contribution in [1.29, 1.82) is 0 Å². The van der Waals surface area contributed by atoms with E-state index in [4.69, 9.17) is 14.2 Å². The SMILES string of the molecule is COCCOc1ccc(CN[C@H](C)[C@@H](C)COC)cn1. The first-order chi connectivity index (χ1) is 9.67. The Morgan fingerprint density at radius 3 is 2.55 bits per heavy atom. The molecule has 20 heavy (non-hydrogen) atoms. The van der Waals surface area contributed by atoms with E-state index in [0.29, 0.717) is 31.1 Å². The Hall–Kier alpha value is -1.17. The van der Waals surface area contributed by atoms with Gasteiger partial charge in [-0.15, -0.1) is 0 Å². The minimum absolute atomic E-state index is 0.396. The minimum Gasteiger partial charge on any atom is -0.475 e. The van der Waals surface area contributed by atoms with E-state index in [9.17, 15) is 0 Å². The molecular formula is C15H26N2O3. The van der Waals surface area contributed by atoms with Crippen molar-refractivity contribution < 1.29 is 14.2 Å². The number of pyridine rings is 1. The van der Waals surface area contributed by atoms with Crippen LogP contribution in [0.25, 0.3) is 0 Å². The van der Waals surface area contributed by atoms with Gasteiger partial charge in [-0.2, -0.15) is 0 Å². The first-order valence-electron chi connectivity index (χ1n) is 6.96. The predicted octanol–water partition coefficient (Wildman–Crippen LogP) is 1.87. The summed E-state index contributed by atoms with van der Waals surface area (Å²) < 4.78 is 15.5. The van der Waals surface area contributed by atoms with Crippen molar-refractivity contribution in [3.05, 3.63) is 23.9 Å². The van der Waals surface area contributed by atoms with Crippen molar-refractivity contribution in [3.8, 4) is 5.88 Å². The molecule has 0 aliphatic rings. The molecule has 0 radical (unpaired) electrons. The first kappa shape index (κ1) is 16.9. The van der Waals surface area contributed by atoms with Crippen LogP contribution in [0.2, 0.25) is 0 Å². The first-order valence-corrected chi connectivity index (χ1v) is 6.96. The third-order valence-corrected chi connectivity index (χ3v) is 3.25. The molecule has 5 heteroatoms. The van der Waals surface area contributed by atoms with E-state index >= 15 is 0 Å². The molecule has 0 saturated carbocycles. The summed E-state index contributed by atoms with van der Waals surface area (Å²) in [6, 6.07) is 4.30. The molecular weight excluding hydrogens is 256 g/mol. The fourth-order valence-electron chi connectivity index (χ4n) is 1.72. The second-order valence-electron chi connectivity index (χ2n) is 4.95. The molecule has 1 aromatic heterocycles. The van der Waals surface area contributed by atoms with Crippen molar-refractivity contribution in [3.63, 3.8) is 0 Å². The van der Waals surface area contributed by atoms with Gasteiger partial charge >= 0.3 is 0 Å². The van der Waals surface area contributed by atoms with Crippen LogP contribution in [0.15, 0.2) is 18.3 Å². The Bertz CT molecular complexity index is 357. The molecule has 1 aromatic rings. The van der Waals surface area contributed by atoms with Crippen molar-refractivity contribution in [2.75, 3.05) is 34.0 Å². The van der Waals surface area contributed by atoms with Gasteiger partial charge in [0.1, 0.15) is 6.61 Å². The van der Waals surface area contributed by atoms with Crippen molar-refractivity contribution in [2.24, 2.45) is 5.92 Å². The quantitative estimate of drug-likeness (QED) is 0.664. The summed E-state index contributed by atoms with van der Waals surface area (Å²) in [5.41, 5.74) is 1.14. The maximum Gasteiger partial charge on any atom is 0.213 e. The largest absolute Gasteiger partial charge is 0.475 e. The van der Waals surface area contributed by atoms with Gasteiger partial charge in [0.25, 0.3) is 0 Å². The Morgan fingerprint density at radius 1 is 1.15 bits per heavy atom. The van der Waals surface area contributed by atoms with Crippen LogP contribution in [0.3, 0.4) is 0 Å². The lowest BCUT2D eigenvalue weighted by atomic mass is 10.0. The third-order valence-electron chi connectivity index (χ3n) is 3.25. The Labute approximate surface area is 121 Å². The summed E-state index contributed by atoms with van der Waals surface area (Å²) in [5, 5.41) is 3.47. The average molecular weight is 282 g/mol. The lowest BCUT2D eigenvalue weighted by Crippen LogP contribution is -2.33. The highest BCUT2D eigenvalue weighted by Crippen LogP contribution is 2.09. The summed E-state index contributed by atoms with van der Waals surface area (Å²) in [7, 11) is 3.38. The zero-order chi connectivity index (χ0) is 14.8. The van der Waals surface area contributed by atoms with Crippen LogP contribution in [0, 0.1) is 5.92 Å². The van der Waals surface area contributed by atoms with Crippen molar-refractivity contribution in [1.82, 2.24) is 10.3 Å². The molecule has 1 rings (SSSR count). The molecule has 0 saturated heterocycles. The number of methoxy groups -OCH3 is 2. The molecule has 0 spiro atoms. The number of hydrogen-bond donors (Lipinski definition) is 1. The van der Waals surface area contributed by atoms with Gasteiger partial charge in [-0.1, -0.05) is 13.0 Å². The Kier molecular flexibility index (Phi) is 8.18. The van der Waals surface area contributed by atoms with Crippen LogP contribution in [-0.4, -0.2) is 45.1 Å². The lowest BCUT2D eigenvalue weighted by Gasteiger charge is -2.20. The molecule has 0 unspecified atom stereocenters. The molecule has 1 N–H and O–H groups in total. The fourth-order valence-corrected chi connectivity index (χ4v) is 1.72. The number of hydrogen-bond acceptors (Lipinski definition) is 5. The standard InChI is InChI=1S/C15H26N2O3/c1-12(11-19-4)13(2)16-9-14-5-6-15(17-10-14)20-8-7-18-3/h5-6,10,12-13,16H,7-9,11H2,1-4H3/t12-,13+/m0/s1. The highest BCUT2D eigenvalue weighted by Gasteiger charge is 2.11. The molecule has 0 fully saturated rings. The zero-order valence-electron chi connectivity index (χ0n) is 12.9. The topological polar surface area (TPSA) is 52.6 Å². The minimum atomic E-state index is 0.396. The summed E-state index contributed by atoms with van der Waals surface area (Å²) in [6.45, 7) is 6.98. The van der Waals surface area contributed by atoms with E-state index < -0.39 is 0 Å². The van der Waals surface area contributed by atoms with Crippen LogP contribution in [0.1, 0.15) is 19.4 Å². The number of nitrogens with zero attached hydrogens (tertiary/aromatic N) is 1. The Morgan fingerprint density at radius 2 is 1.95 bits per heavy atom. The van der Waals surface area contributed by atoms with Gasteiger partial charge in [0, 0.05) is 39.1 Å². The van der Waals surface area contributed by atoms with Crippen molar-refractivity contribution >= 4 is 0 Å². The second-order valence-corrected chi connectivity index (χ2v) is 4.95. The summed E-state index contributed by atoms with van der Waals surface area (Å²) in [5.74, 6) is 1.11. The van der Waals surface area contributed by atoms with E-state index in [2.05, 4.69) is 24.1 Å². The Balaban J connectivity index is 2.34. The highest BCUT2D eigenvalue weighted by molar-refractivity contribution is 5.17. The molecule has 0 aliphatic heterocycles. The van der Waals surface area contributed by atoms with Crippen LogP contribution >= 0.6 is 0 Å². The lowest BCUT2D eigenvalue weighted by molar-refractivity contribution is 0.142. The number of rotatable bonds is 10. The highest BCUT2D eigenvalue weighted by atomic mass is 16.5. The summed E-state index contributed by atoms with van der Waals surface area (Å²) in [4.78, 5) is 4.27. The molecule has 0 amide bonds. The molecule has 0 bridgehead atoms. The van der Waals surface area contributed by atoms with E-state index in [1.165, 1.54) is 0 Å². The molecule has 0 aromatic carbocycles. The molecule has 114 valence electrons. The van der Waals surface area contributed by atoms with E-state index in [1.807, 2.05) is 18.3 Å². The zero-order valence-corrected chi connectivity index (χ0v) is 12.9. The van der Waals surface area contributed by atoms with Crippen molar-refractivity contribution in [2.45, 2.75) is 26.4 Å². The average Bonchev–Trinajstić information content (AvgIpc) is 2.46. The smallest absolute Gasteiger partial charge is 0.213 e. The second kappa shape index (κ2) is 9.69. The maximum absolute atomic E-state index is 5.42. The normalized spacial score (nSPS) is 14.0. The monoisotopic (exact) mass is 282 g/mol. The van der Waals surface area contributed by atoms with Gasteiger partial charge in [-0.05, 0) is 18.4 Å². The van der Waals surface area contributed by atoms with Gasteiger partial charge in [0.05, 0.1) is 13.2 Å². The van der Waals surface area contributed by atoms with Crippen LogP contribution < -0.4 is 10.1 Å². The molecule has 5 nitrogen and oxygen atoms in total. The number of ether oxygens (including phenoxy) is 3. The third kappa shape index (κ3) is 6.32. The van der Waals surface area contributed by atoms with Gasteiger partial charge < -0.3 is 19.5 Å². The van der Waals surface area contributed by atoms with Crippen LogP contribution in [-0.2, 0) is 16.0 Å². The van der Waals surface area contributed by atoms with E-state index in [1.54, 1.807) is 14.2 Å². The summed E-state index contributed by atoms with van der Waals surface area (Å²) >= 11 is 0. The van der Waals surface area contributed by atoms with Gasteiger partial charge in [0.15, 0.2) is 0 Å². The maximum atomic E-state index is 5.42. The fraction of sp³-hybridized carbons (Fsp3) is 0.667. The molecule has 2 atom stereocenters. The molecule has 1 heterocycles. The van der Waals surface area contributed by atoms with E-state index in [-0.39, 0.29) is 0 Å². The number of aromatic nitrogens is 1. The molecule has 0 aliphatic carbocycles. The number of nitrogens with one attached hydrogen (secondary N) is 1.